The van der Waals surface area contributed by atoms with Crippen LogP contribution in [0.1, 0.15) is 5.56 Å². The average Bonchev–Trinajstić information content (AvgIpc) is 3.02. The largest absolute Gasteiger partial charge is 0.375 e. The maximum absolute atomic E-state index is 11.5. The van der Waals surface area contributed by atoms with Crippen molar-refractivity contribution in [2.24, 2.45) is 0 Å². The normalized spacial score (nSPS) is 11.0. The summed E-state index contributed by atoms with van der Waals surface area (Å²) in [5.74, 6) is 0. The van der Waals surface area contributed by atoms with Gasteiger partial charge in [-0.3, -0.25) is 15.1 Å². The van der Waals surface area contributed by atoms with Crippen LogP contribution in [0.4, 0.5) is 11.4 Å². The number of nitro benzene ring substituents is 1. The fourth-order valence-corrected chi connectivity index (χ4v) is 3.80. The molecule has 0 unspecified atom stereocenters. The van der Waals surface area contributed by atoms with Gasteiger partial charge in [-0.1, -0.05) is 18.2 Å². The van der Waals surface area contributed by atoms with Crippen molar-refractivity contribution in [2.45, 2.75) is 6.54 Å². The Hall–Kier alpha value is -2.99. The highest BCUT2D eigenvalue weighted by Crippen LogP contribution is 2.33. The Bertz CT molecular complexity index is 1060. The molecule has 0 saturated heterocycles. The third kappa shape index (κ3) is 2.47. The number of nitro groups is 1. The minimum Gasteiger partial charge on any atom is -0.375 e. The van der Waals surface area contributed by atoms with E-state index in [9.17, 15) is 10.1 Å². The molecular weight excluding hydrogens is 322 g/mol. The van der Waals surface area contributed by atoms with Gasteiger partial charge in [0.25, 0.3) is 0 Å². The minimum absolute atomic E-state index is 0.0696. The van der Waals surface area contributed by atoms with Crippen molar-refractivity contribution in [3.63, 3.8) is 0 Å². The van der Waals surface area contributed by atoms with E-state index in [4.69, 9.17) is 0 Å². The molecule has 0 fully saturated rings. The number of thiophene rings is 1. The predicted octanol–water partition coefficient (Wildman–Crippen LogP) is 4.97. The third-order valence-corrected chi connectivity index (χ3v) is 4.98. The maximum Gasteiger partial charge on any atom is 0.301 e. The molecule has 0 bridgehead atoms. The number of pyridine rings is 1. The molecule has 0 spiro atoms. The van der Waals surface area contributed by atoms with E-state index in [1.807, 2.05) is 12.1 Å². The quantitative estimate of drug-likeness (QED) is 0.422. The Morgan fingerprint density at radius 2 is 1.92 bits per heavy atom. The number of hydrogen-bond acceptors (Lipinski definition) is 5. The SMILES string of the molecule is O=[N+]([O-])c1c(NCc2csc3ccccc23)ccc2ncccc12. The summed E-state index contributed by atoms with van der Waals surface area (Å²) in [6.07, 6.45) is 1.64. The van der Waals surface area contributed by atoms with Gasteiger partial charge in [-0.2, -0.15) is 0 Å². The van der Waals surface area contributed by atoms with E-state index < -0.39 is 0 Å². The summed E-state index contributed by atoms with van der Waals surface area (Å²) in [5, 5.41) is 18.6. The number of rotatable bonds is 4. The van der Waals surface area contributed by atoms with Crippen LogP contribution in [0.25, 0.3) is 21.0 Å². The Labute approximate surface area is 141 Å². The summed E-state index contributed by atoms with van der Waals surface area (Å²) in [7, 11) is 0. The zero-order chi connectivity index (χ0) is 16.5. The van der Waals surface area contributed by atoms with Crippen LogP contribution in [-0.4, -0.2) is 9.91 Å². The topological polar surface area (TPSA) is 68.1 Å². The number of nitrogens with zero attached hydrogens (tertiary/aromatic N) is 2. The molecule has 4 rings (SSSR count). The molecule has 2 heterocycles. The first kappa shape index (κ1) is 14.6. The Morgan fingerprint density at radius 3 is 2.79 bits per heavy atom. The van der Waals surface area contributed by atoms with E-state index in [0.29, 0.717) is 23.1 Å². The Morgan fingerprint density at radius 1 is 1.08 bits per heavy atom. The van der Waals surface area contributed by atoms with Gasteiger partial charge in [0.15, 0.2) is 0 Å². The molecular formula is C18H13N3O2S. The van der Waals surface area contributed by atoms with Crippen LogP contribution in [0, 0.1) is 10.1 Å². The van der Waals surface area contributed by atoms with E-state index in [1.54, 1.807) is 41.8 Å². The third-order valence-electron chi connectivity index (χ3n) is 3.97. The van der Waals surface area contributed by atoms with Gasteiger partial charge in [-0.15, -0.1) is 11.3 Å². The van der Waals surface area contributed by atoms with Crippen LogP contribution in [-0.2, 0) is 6.54 Å². The van der Waals surface area contributed by atoms with E-state index in [0.717, 1.165) is 5.56 Å². The van der Waals surface area contributed by atoms with Gasteiger partial charge in [0, 0.05) is 17.4 Å². The second-order valence-electron chi connectivity index (χ2n) is 5.40. The summed E-state index contributed by atoms with van der Waals surface area (Å²) < 4.78 is 1.21. The second-order valence-corrected chi connectivity index (χ2v) is 6.31. The molecule has 0 aliphatic rings. The van der Waals surface area contributed by atoms with Gasteiger partial charge in [0.05, 0.1) is 15.8 Å². The summed E-state index contributed by atoms with van der Waals surface area (Å²) >= 11 is 1.68. The first-order valence-electron chi connectivity index (χ1n) is 7.45. The highest BCUT2D eigenvalue weighted by molar-refractivity contribution is 7.17. The summed E-state index contributed by atoms with van der Waals surface area (Å²) in [4.78, 5) is 15.4. The molecule has 0 aliphatic heterocycles. The lowest BCUT2D eigenvalue weighted by atomic mass is 10.1. The van der Waals surface area contributed by atoms with Crippen molar-refractivity contribution < 1.29 is 4.92 Å². The van der Waals surface area contributed by atoms with Crippen LogP contribution in [0.2, 0.25) is 0 Å². The molecule has 2 aromatic carbocycles. The number of nitrogens with one attached hydrogen (secondary N) is 1. The van der Waals surface area contributed by atoms with Crippen molar-refractivity contribution in [2.75, 3.05) is 5.32 Å². The minimum atomic E-state index is -0.349. The van der Waals surface area contributed by atoms with Crippen molar-refractivity contribution in [3.8, 4) is 0 Å². The van der Waals surface area contributed by atoms with Gasteiger partial charge in [-0.05, 0) is 46.7 Å². The first-order chi connectivity index (χ1) is 11.7. The van der Waals surface area contributed by atoms with Gasteiger partial charge in [-0.25, -0.2) is 0 Å². The number of hydrogen-bond donors (Lipinski definition) is 1. The molecule has 0 radical (unpaired) electrons. The van der Waals surface area contributed by atoms with Crippen LogP contribution in [0.15, 0.2) is 60.1 Å². The molecule has 0 saturated carbocycles. The summed E-state index contributed by atoms with van der Waals surface area (Å²) in [6.45, 7) is 0.538. The standard InChI is InChI=1S/C18H13N3O2S/c22-21(23)18-14-5-3-9-19-15(14)7-8-16(18)20-10-12-11-24-17-6-2-1-4-13(12)17/h1-9,11,20H,10H2. The molecule has 4 aromatic rings. The Kier molecular flexibility index (Phi) is 3.59. The highest BCUT2D eigenvalue weighted by Gasteiger charge is 2.18. The predicted molar refractivity (Wildman–Crippen MR) is 97.5 cm³/mol. The van der Waals surface area contributed by atoms with Crippen molar-refractivity contribution in [1.29, 1.82) is 0 Å². The lowest BCUT2D eigenvalue weighted by Crippen LogP contribution is -2.03. The fourth-order valence-electron chi connectivity index (χ4n) is 2.84. The number of benzene rings is 2. The van der Waals surface area contributed by atoms with Gasteiger partial charge in [0.1, 0.15) is 5.69 Å². The first-order valence-corrected chi connectivity index (χ1v) is 8.33. The van der Waals surface area contributed by atoms with Gasteiger partial charge < -0.3 is 5.32 Å². The van der Waals surface area contributed by atoms with Gasteiger partial charge in [0.2, 0.25) is 0 Å². The number of anilines is 1. The lowest BCUT2D eigenvalue weighted by Gasteiger charge is -2.08. The zero-order valence-corrected chi connectivity index (χ0v) is 13.4. The number of fused-ring (bicyclic) bond motifs is 2. The second kappa shape index (κ2) is 5.90. The average molecular weight is 335 g/mol. The van der Waals surface area contributed by atoms with Crippen LogP contribution >= 0.6 is 11.3 Å². The van der Waals surface area contributed by atoms with Crippen molar-refractivity contribution >= 4 is 43.7 Å². The molecule has 5 nitrogen and oxygen atoms in total. The summed E-state index contributed by atoms with van der Waals surface area (Å²) in [5.41, 5.74) is 2.34. The van der Waals surface area contributed by atoms with E-state index in [2.05, 4.69) is 27.8 Å². The van der Waals surface area contributed by atoms with Crippen LogP contribution < -0.4 is 5.32 Å². The molecule has 0 aliphatic carbocycles. The highest BCUT2D eigenvalue weighted by atomic mass is 32.1. The molecule has 0 atom stereocenters. The fraction of sp³-hybridized carbons (Fsp3) is 0.0556. The van der Waals surface area contributed by atoms with E-state index >= 15 is 0 Å². The van der Waals surface area contributed by atoms with Crippen molar-refractivity contribution in [1.82, 2.24) is 4.98 Å². The maximum atomic E-state index is 11.5. The van der Waals surface area contributed by atoms with Crippen LogP contribution in [0.5, 0.6) is 0 Å². The van der Waals surface area contributed by atoms with E-state index in [-0.39, 0.29) is 10.6 Å². The molecule has 118 valence electrons. The Balaban J connectivity index is 1.72. The molecule has 0 amide bonds. The molecule has 2 aromatic heterocycles. The monoisotopic (exact) mass is 335 g/mol. The summed E-state index contributed by atoms with van der Waals surface area (Å²) in [6, 6.07) is 15.1. The molecule has 1 N–H and O–H groups in total. The zero-order valence-electron chi connectivity index (χ0n) is 12.6. The molecule has 6 heteroatoms. The molecule has 24 heavy (non-hydrogen) atoms. The smallest absolute Gasteiger partial charge is 0.301 e. The van der Waals surface area contributed by atoms with Crippen LogP contribution in [0.3, 0.4) is 0 Å². The van der Waals surface area contributed by atoms with Gasteiger partial charge >= 0.3 is 5.69 Å². The van der Waals surface area contributed by atoms with E-state index in [1.165, 1.54) is 10.1 Å². The number of aromatic nitrogens is 1. The van der Waals surface area contributed by atoms with Crippen molar-refractivity contribution in [3.05, 3.63) is 75.8 Å². The lowest BCUT2D eigenvalue weighted by molar-refractivity contribution is -0.382.